The second-order valence-electron chi connectivity index (χ2n) is 8.28. The van der Waals surface area contributed by atoms with E-state index >= 15 is 0 Å². The summed E-state index contributed by atoms with van der Waals surface area (Å²) < 4.78 is 31.5. The third-order valence-corrected chi connectivity index (χ3v) is 6.56. The Labute approximate surface area is 190 Å². The average Bonchev–Trinajstić information content (AvgIpc) is 3.52. The standard InChI is InChI=1S/C26H21N3O3S/c1-33(30,31)32-26(23-14-17-8-2-5-11-20(17)27-23,24-15-18-9-3-6-12-21(18)28-24)25-16-19-10-4-7-13-22(19)29-25/h2-16,27-29H,1H3. The van der Waals surface area contributed by atoms with Crippen LogP contribution in [-0.4, -0.2) is 29.6 Å². The molecule has 0 radical (unpaired) electrons. The van der Waals surface area contributed by atoms with Crippen LogP contribution >= 0.6 is 0 Å². The molecule has 0 amide bonds. The molecule has 0 aliphatic heterocycles. The molecule has 0 bridgehead atoms. The van der Waals surface area contributed by atoms with Gasteiger partial charge >= 0.3 is 0 Å². The maximum absolute atomic E-state index is 12.7. The summed E-state index contributed by atoms with van der Waals surface area (Å²) in [6, 6.07) is 29.3. The molecule has 3 aromatic heterocycles. The zero-order valence-electron chi connectivity index (χ0n) is 17.8. The van der Waals surface area contributed by atoms with Crippen LogP contribution in [0.5, 0.6) is 0 Å². The van der Waals surface area contributed by atoms with E-state index in [-0.39, 0.29) is 0 Å². The van der Waals surface area contributed by atoms with Crippen LogP contribution in [0.1, 0.15) is 17.1 Å². The van der Waals surface area contributed by atoms with E-state index in [1.54, 1.807) is 0 Å². The highest BCUT2D eigenvalue weighted by atomic mass is 32.2. The summed E-state index contributed by atoms with van der Waals surface area (Å²) in [4.78, 5) is 10.2. The van der Waals surface area contributed by atoms with E-state index in [2.05, 4.69) is 15.0 Å². The third kappa shape index (κ3) is 3.25. The van der Waals surface area contributed by atoms with E-state index in [9.17, 15) is 8.42 Å². The number of aromatic nitrogens is 3. The van der Waals surface area contributed by atoms with E-state index in [1.165, 1.54) is 0 Å². The fourth-order valence-electron chi connectivity index (χ4n) is 4.59. The number of hydrogen-bond donors (Lipinski definition) is 3. The molecule has 3 N–H and O–H groups in total. The van der Waals surface area contributed by atoms with Gasteiger partial charge in [-0.3, -0.25) is 0 Å². The van der Waals surface area contributed by atoms with Crippen molar-refractivity contribution in [3.05, 3.63) is 108 Å². The SMILES string of the molecule is CS(=O)(=O)OC(c1cc2ccccc2[nH]1)(c1cc2ccccc2[nH]1)c1cc2ccccc2[nH]1. The Morgan fingerprint density at radius 3 is 1.24 bits per heavy atom. The van der Waals surface area contributed by atoms with Crippen LogP contribution in [0.15, 0.2) is 91.0 Å². The fourth-order valence-corrected chi connectivity index (χ4v) is 5.31. The number of H-pyrrole nitrogens is 3. The first-order valence-electron chi connectivity index (χ1n) is 10.6. The summed E-state index contributed by atoms with van der Waals surface area (Å²) in [5.41, 5.74) is 3.00. The molecule has 0 aliphatic carbocycles. The smallest absolute Gasteiger partial charge is 0.266 e. The molecule has 0 saturated carbocycles. The number of aromatic amines is 3. The Morgan fingerprint density at radius 1 is 0.606 bits per heavy atom. The summed E-state index contributed by atoms with van der Waals surface area (Å²) >= 11 is 0. The normalized spacial score (nSPS) is 12.8. The maximum atomic E-state index is 12.7. The zero-order valence-corrected chi connectivity index (χ0v) is 18.6. The van der Waals surface area contributed by atoms with Crippen LogP contribution in [0.25, 0.3) is 32.7 Å². The quantitative estimate of drug-likeness (QED) is 0.304. The summed E-state index contributed by atoms with van der Waals surface area (Å²) in [7, 11) is -3.90. The van der Waals surface area contributed by atoms with Gasteiger partial charge in [0.05, 0.1) is 23.3 Å². The number of rotatable bonds is 5. The number of nitrogens with one attached hydrogen (secondary N) is 3. The molecule has 0 atom stereocenters. The van der Waals surface area contributed by atoms with E-state index in [0.717, 1.165) is 39.0 Å². The highest BCUT2D eigenvalue weighted by Gasteiger charge is 2.45. The monoisotopic (exact) mass is 455 g/mol. The van der Waals surface area contributed by atoms with Crippen LogP contribution in [0.4, 0.5) is 0 Å². The number of fused-ring (bicyclic) bond motifs is 3. The maximum Gasteiger partial charge on any atom is 0.266 e. The Balaban J connectivity index is 1.74. The highest BCUT2D eigenvalue weighted by Crippen LogP contribution is 2.43. The van der Waals surface area contributed by atoms with Gasteiger partial charge in [-0.15, -0.1) is 0 Å². The summed E-state index contributed by atoms with van der Waals surface area (Å²) in [5.74, 6) is 0. The predicted octanol–water partition coefficient (Wildman–Crippen LogP) is 5.40. The lowest BCUT2D eigenvalue weighted by molar-refractivity contribution is 0.153. The largest absolute Gasteiger partial charge is 0.355 e. The molecule has 6 rings (SSSR count). The van der Waals surface area contributed by atoms with Crippen LogP contribution in [-0.2, 0) is 19.9 Å². The minimum absolute atomic E-state index is 0.604. The second-order valence-corrected chi connectivity index (χ2v) is 9.85. The van der Waals surface area contributed by atoms with Gasteiger partial charge in [0.2, 0.25) is 5.60 Å². The molecular formula is C26H21N3O3S. The first kappa shape index (κ1) is 19.8. The minimum Gasteiger partial charge on any atom is -0.355 e. The molecule has 0 fully saturated rings. The molecule has 164 valence electrons. The van der Waals surface area contributed by atoms with Crippen molar-refractivity contribution in [1.29, 1.82) is 0 Å². The van der Waals surface area contributed by atoms with Gasteiger partial charge in [0.15, 0.2) is 0 Å². The van der Waals surface area contributed by atoms with Gasteiger partial charge in [-0.05, 0) is 52.6 Å². The predicted molar refractivity (Wildman–Crippen MR) is 131 cm³/mol. The van der Waals surface area contributed by atoms with Gasteiger partial charge in [0.25, 0.3) is 10.1 Å². The van der Waals surface area contributed by atoms with Crippen molar-refractivity contribution < 1.29 is 12.6 Å². The molecule has 3 heterocycles. The minimum atomic E-state index is -3.90. The van der Waals surface area contributed by atoms with Crippen LogP contribution in [0.2, 0.25) is 0 Å². The van der Waals surface area contributed by atoms with Crippen molar-refractivity contribution in [3.63, 3.8) is 0 Å². The van der Waals surface area contributed by atoms with Gasteiger partial charge in [-0.1, -0.05) is 54.6 Å². The van der Waals surface area contributed by atoms with Crippen LogP contribution in [0.3, 0.4) is 0 Å². The van der Waals surface area contributed by atoms with Gasteiger partial charge in [-0.25, -0.2) is 4.18 Å². The van der Waals surface area contributed by atoms with Crippen molar-refractivity contribution in [2.75, 3.05) is 6.26 Å². The van der Waals surface area contributed by atoms with Crippen molar-refractivity contribution in [2.24, 2.45) is 0 Å². The molecule has 0 spiro atoms. The van der Waals surface area contributed by atoms with E-state index in [4.69, 9.17) is 4.18 Å². The van der Waals surface area contributed by atoms with E-state index in [1.807, 2.05) is 91.0 Å². The molecule has 7 heteroatoms. The highest BCUT2D eigenvalue weighted by molar-refractivity contribution is 7.86. The number of para-hydroxylation sites is 3. The Morgan fingerprint density at radius 2 is 0.939 bits per heavy atom. The molecule has 6 nitrogen and oxygen atoms in total. The van der Waals surface area contributed by atoms with Crippen LogP contribution < -0.4 is 0 Å². The Kier molecular flexibility index (Phi) is 4.27. The van der Waals surface area contributed by atoms with Crippen molar-refractivity contribution in [2.45, 2.75) is 5.60 Å². The summed E-state index contributed by atoms with van der Waals surface area (Å²) in [6.45, 7) is 0. The number of benzene rings is 3. The lowest BCUT2D eigenvalue weighted by Crippen LogP contribution is -2.36. The topological polar surface area (TPSA) is 90.7 Å². The Hall–Kier alpha value is -3.81. The molecule has 3 aromatic carbocycles. The molecule has 33 heavy (non-hydrogen) atoms. The van der Waals surface area contributed by atoms with Gasteiger partial charge in [0.1, 0.15) is 0 Å². The van der Waals surface area contributed by atoms with Gasteiger partial charge in [-0.2, -0.15) is 8.42 Å². The molecule has 0 unspecified atom stereocenters. The lowest BCUT2D eigenvalue weighted by Gasteiger charge is -2.30. The first-order chi connectivity index (χ1) is 15.9. The molecule has 0 aliphatic rings. The van der Waals surface area contributed by atoms with Gasteiger partial charge in [0, 0.05) is 16.6 Å². The first-order valence-corrected chi connectivity index (χ1v) is 12.4. The summed E-state index contributed by atoms with van der Waals surface area (Å²) in [6.07, 6.45) is 1.08. The third-order valence-electron chi connectivity index (χ3n) is 6.00. The molecular weight excluding hydrogens is 434 g/mol. The summed E-state index contributed by atoms with van der Waals surface area (Å²) in [5, 5.41) is 2.88. The Bertz CT molecular complexity index is 1460. The molecule has 6 aromatic rings. The van der Waals surface area contributed by atoms with Crippen LogP contribution in [0, 0.1) is 0 Å². The van der Waals surface area contributed by atoms with Crippen molar-refractivity contribution >= 4 is 42.8 Å². The zero-order chi connectivity index (χ0) is 22.6. The van der Waals surface area contributed by atoms with Crippen molar-refractivity contribution in [1.82, 2.24) is 15.0 Å². The lowest BCUT2D eigenvalue weighted by atomic mass is 9.91. The van der Waals surface area contributed by atoms with E-state index < -0.39 is 15.7 Å². The number of hydrogen-bond acceptors (Lipinski definition) is 3. The fraction of sp³-hybridized carbons (Fsp3) is 0.0769. The average molecular weight is 456 g/mol. The van der Waals surface area contributed by atoms with E-state index in [0.29, 0.717) is 17.1 Å². The van der Waals surface area contributed by atoms with Crippen molar-refractivity contribution in [3.8, 4) is 0 Å². The van der Waals surface area contributed by atoms with Gasteiger partial charge < -0.3 is 15.0 Å². The molecule has 0 saturated heterocycles. The second kappa shape index (κ2) is 7.10.